The van der Waals surface area contributed by atoms with Crippen LogP contribution in [-0.4, -0.2) is 27.2 Å². The van der Waals surface area contributed by atoms with E-state index in [-0.39, 0.29) is 11.5 Å². The summed E-state index contributed by atoms with van der Waals surface area (Å²) in [7, 11) is 0. The number of pyridine rings is 1. The normalized spacial score (nSPS) is 16.4. The maximum atomic E-state index is 12.7. The van der Waals surface area contributed by atoms with Crippen molar-refractivity contribution in [3.63, 3.8) is 0 Å². The van der Waals surface area contributed by atoms with Crippen molar-refractivity contribution in [3.05, 3.63) is 52.7 Å². The summed E-state index contributed by atoms with van der Waals surface area (Å²) in [6.45, 7) is 4.12. The van der Waals surface area contributed by atoms with Crippen molar-refractivity contribution >= 4 is 29.3 Å². The first kappa shape index (κ1) is 20.9. The number of carboxylic acids is 1. The zero-order valence-corrected chi connectivity index (χ0v) is 17.3. The topological polar surface area (TPSA) is 103 Å². The molecule has 6 nitrogen and oxygen atoms in total. The van der Waals surface area contributed by atoms with Gasteiger partial charge >= 0.3 is 5.97 Å². The van der Waals surface area contributed by atoms with Gasteiger partial charge in [0, 0.05) is 11.4 Å². The fraction of sp³-hybridized carbons (Fsp3) is 0.364. The first-order valence-electron chi connectivity index (χ1n) is 9.65. The molecule has 29 heavy (non-hydrogen) atoms. The van der Waals surface area contributed by atoms with Gasteiger partial charge in [-0.2, -0.15) is 5.26 Å². The molecule has 1 aliphatic carbocycles. The number of nitrogens with one attached hydrogen (secondary N) is 1. The zero-order valence-electron chi connectivity index (χ0n) is 16.4. The number of benzene rings is 1. The Morgan fingerprint density at radius 3 is 2.72 bits per heavy atom. The van der Waals surface area contributed by atoms with Crippen LogP contribution in [0.4, 0.5) is 5.69 Å². The number of nitrogens with zero attached hydrogens (tertiary/aromatic N) is 2. The van der Waals surface area contributed by atoms with Gasteiger partial charge in [-0.1, -0.05) is 25.6 Å². The Morgan fingerprint density at radius 1 is 1.38 bits per heavy atom. The number of carboxylic acid groups (broad SMARTS) is 1. The second kappa shape index (κ2) is 9.10. The summed E-state index contributed by atoms with van der Waals surface area (Å²) in [6, 6.07) is 10.2. The maximum absolute atomic E-state index is 12.7. The molecule has 1 aliphatic rings. The Labute approximate surface area is 174 Å². The molecule has 0 spiro atoms. The van der Waals surface area contributed by atoms with Gasteiger partial charge in [-0.3, -0.25) is 4.79 Å². The number of carbonyl (C=O) groups is 2. The van der Waals surface area contributed by atoms with Crippen molar-refractivity contribution in [2.75, 3.05) is 5.32 Å². The lowest BCUT2D eigenvalue weighted by Crippen LogP contribution is -2.25. The number of anilines is 1. The lowest BCUT2D eigenvalue weighted by atomic mass is 9.87. The summed E-state index contributed by atoms with van der Waals surface area (Å²) in [6.07, 6.45) is 3.49. The molecule has 0 aliphatic heterocycles. The van der Waals surface area contributed by atoms with Gasteiger partial charge in [0.25, 0.3) is 0 Å². The third kappa shape index (κ3) is 4.96. The Kier molecular flexibility index (Phi) is 6.55. The summed E-state index contributed by atoms with van der Waals surface area (Å²) < 4.78 is 0. The molecular formula is C22H23N3O3S. The highest BCUT2D eigenvalue weighted by Crippen LogP contribution is 2.32. The first-order valence-corrected chi connectivity index (χ1v) is 10.5. The Balaban J connectivity index is 1.76. The van der Waals surface area contributed by atoms with Crippen LogP contribution in [0.2, 0.25) is 0 Å². The van der Waals surface area contributed by atoms with E-state index in [1.807, 2.05) is 13.0 Å². The van der Waals surface area contributed by atoms with Crippen molar-refractivity contribution in [3.8, 4) is 6.07 Å². The number of aromatic carboxylic acids is 1. The highest BCUT2D eigenvalue weighted by Gasteiger charge is 2.24. The van der Waals surface area contributed by atoms with Crippen LogP contribution in [0, 0.1) is 17.2 Å². The van der Waals surface area contributed by atoms with Gasteiger partial charge in [0.05, 0.1) is 16.4 Å². The van der Waals surface area contributed by atoms with Crippen LogP contribution in [0.3, 0.4) is 0 Å². The lowest BCUT2D eigenvalue weighted by molar-refractivity contribution is -0.115. The number of amides is 1. The van der Waals surface area contributed by atoms with Crippen LogP contribution < -0.4 is 5.32 Å². The minimum Gasteiger partial charge on any atom is -0.478 e. The van der Waals surface area contributed by atoms with Crippen molar-refractivity contribution < 1.29 is 14.7 Å². The molecule has 0 fully saturated rings. The molecule has 2 unspecified atom stereocenters. The predicted octanol–water partition coefficient (Wildman–Crippen LogP) is 4.29. The molecule has 0 saturated heterocycles. The molecule has 3 rings (SSSR count). The van der Waals surface area contributed by atoms with E-state index in [2.05, 4.69) is 18.3 Å². The molecule has 2 aromatic rings. The van der Waals surface area contributed by atoms with E-state index in [0.717, 1.165) is 30.5 Å². The van der Waals surface area contributed by atoms with Crippen LogP contribution in [0.1, 0.15) is 53.9 Å². The van der Waals surface area contributed by atoms with E-state index in [0.29, 0.717) is 28.6 Å². The van der Waals surface area contributed by atoms with Crippen molar-refractivity contribution in [2.45, 2.75) is 49.8 Å². The summed E-state index contributed by atoms with van der Waals surface area (Å²) in [5, 5.41) is 21.6. The predicted molar refractivity (Wildman–Crippen MR) is 112 cm³/mol. The quantitative estimate of drug-likeness (QED) is 0.690. The smallest absolute Gasteiger partial charge is 0.335 e. The number of rotatable bonds is 6. The Hall–Kier alpha value is -2.85. The molecule has 1 aromatic carbocycles. The molecule has 7 heteroatoms. The number of carbonyl (C=O) groups excluding carboxylic acids is 1. The summed E-state index contributed by atoms with van der Waals surface area (Å²) >= 11 is 1.31. The number of hydrogen-bond acceptors (Lipinski definition) is 5. The van der Waals surface area contributed by atoms with Gasteiger partial charge in [0.2, 0.25) is 5.91 Å². The van der Waals surface area contributed by atoms with Crippen LogP contribution in [0.25, 0.3) is 0 Å². The summed E-state index contributed by atoms with van der Waals surface area (Å²) in [5.41, 5.74) is 3.38. The average molecular weight is 410 g/mol. The molecule has 150 valence electrons. The number of thioether (sulfide) groups is 1. The molecule has 0 saturated carbocycles. The van der Waals surface area contributed by atoms with Crippen LogP contribution in [0.5, 0.6) is 0 Å². The molecule has 2 N–H and O–H groups in total. The van der Waals surface area contributed by atoms with Gasteiger partial charge in [0.1, 0.15) is 11.1 Å². The van der Waals surface area contributed by atoms with Crippen LogP contribution >= 0.6 is 11.8 Å². The SMILES string of the molecule is CCC(Sc1nc2c(cc1C#N)CC(C)CC2)C(=O)Nc1ccc(C(=O)O)cc1. The van der Waals surface area contributed by atoms with E-state index in [4.69, 9.17) is 10.1 Å². The van der Waals surface area contributed by atoms with Gasteiger partial charge in [-0.25, -0.2) is 9.78 Å². The highest BCUT2D eigenvalue weighted by molar-refractivity contribution is 8.00. The monoisotopic (exact) mass is 409 g/mol. The molecular weight excluding hydrogens is 386 g/mol. The summed E-state index contributed by atoms with van der Waals surface area (Å²) in [4.78, 5) is 28.4. The number of aryl methyl sites for hydroxylation is 1. The second-order valence-electron chi connectivity index (χ2n) is 7.29. The van der Waals surface area contributed by atoms with Crippen molar-refractivity contribution in [1.29, 1.82) is 5.26 Å². The fourth-order valence-corrected chi connectivity index (χ4v) is 4.37. The van der Waals surface area contributed by atoms with E-state index >= 15 is 0 Å². The summed E-state index contributed by atoms with van der Waals surface area (Å²) in [5.74, 6) is -0.615. The minimum atomic E-state index is -1.01. The van der Waals surface area contributed by atoms with E-state index in [9.17, 15) is 14.9 Å². The largest absolute Gasteiger partial charge is 0.478 e. The number of aromatic nitrogens is 1. The lowest BCUT2D eigenvalue weighted by Gasteiger charge is -2.22. The molecule has 1 aromatic heterocycles. The van der Waals surface area contributed by atoms with Crippen molar-refractivity contribution in [2.24, 2.45) is 5.92 Å². The van der Waals surface area contributed by atoms with Gasteiger partial charge < -0.3 is 10.4 Å². The standard InChI is InChI=1S/C22H23N3O3S/c1-3-19(20(26)24-17-7-5-14(6-8-17)22(27)28)29-21-16(12-23)11-15-10-13(2)4-9-18(15)25-21/h5-8,11,13,19H,3-4,9-10H2,1-2H3,(H,24,26)(H,27,28). The maximum Gasteiger partial charge on any atom is 0.335 e. The Morgan fingerprint density at radius 2 is 2.10 bits per heavy atom. The third-order valence-corrected chi connectivity index (χ3v) is 6.40. The van der Waals surface area contributed by atoms with Crippen LogP contribution in [-0.2, 0) is 17.6 Å². The number of hydrogen-bond donors (Lipinski definition) is 2. The van der Waals surface area contributed by atoms with Gasteiger partial charge in [-0.05, 0) is 67.5 Å². The van der Waals surface area contributed by atoms with E-state index < -0.39 is 11.2 Å². The third-order valence-electron chi connectivity index (χ3n) is 5.04. The van der Waals surface area contributed by atoms with Crippen molar-refractivity contribution in [1.82, 2.24) is 4.98 Å². The van der Waals surface area contributed by atoms with E-state index in [1.165, 1.54) is 23.9 Å². The second-order valence-corrected chi connectivity index (χ2v) is 8.48. The fourth-order valence-electron chi connectivity index (χ4n) is 3.37. The first-order chi connectivity index (χ1) is 13.9. The highest BCUT2D eigenvalue weighted by atomic mass is 32.2. The van der Waals surface area contributed by atoms with Crippen LogP contribution in [0.15, 0.2) is 35.4 Å². The molecule has 0 bridgehead atoms. The van der Waals surface area contributed by atoms with E-state index in [1.54, 1.807) is 12.1 Å². The minimum absolute atomic E-state index is 0.163. The molecule has 1 amide bonds. The molecule has 0 radical (unpaired) electrons. The average Bonchev–Trinajstić information content (AvgIpc) is 2.71. The zero-order chi connectivity index (χ0) is 21.0. The molecule has 1 heterocycles. The van der Waals surface area contributed by atoms with Gasteiger partial charge in [0.15, 0.2) is 0 Å². The Bertz CT molecular complexity index is 967. The van der Waals surface area contributed by atoms with Gasteiger partial charge in [-0.15, -0.1) is 0 Å². The molecule has 2 atom stereocenters. The number of nitriles is 1. The number of fused-ring (bicyclic) bond motifs is 1.